The molecule has 0 aliphatic rings. The molecule has 0 fully saturated rings. The Morgan fingerprint density at radius 1 is 1.13 bits per heavy atom. The third-order valence-corrected chi connectivity index (χ3v) is 1.95. The number of unbranched alkanes of at least 4 members (excludes halogenated alkanes) is 1. The highest BCUT2D eigenvalue weighted by molar-refractivity contribution is 5.66. The molecule has 0 atom stereocenters. The Morgan fingerprint density at radius 3 is 2.27 bits per heavy atom. The van der Waals surface area contributed by atoms with Crippen LogP contribution < -0.4 is 0 Å². The number of carboxylic acid groups (broad SMARTS) is 1. The van der Waals surface area contributed by atoms with Crippen LogP contribution in [0.4, 0.5) is 0 Å². The van der Waals surface area contributed by atoms with Crippen molar-refractivity contribution in [3.05, 3.63) is 35.9 Å². The minimum atomic E-state index is -0.701. The molecule has 84 valence electrons. The van der Waals surface area contributed by atoms with Gasteiger partial charge in [-0.15, -0.1) is 0 Å². The highest BCUT2D eigenvalue weighted by atomic mass is 16.4. The van der Waals surface area contributed by atoms with Crippen LogP contribution in [0.5, 0.6) is 0 Å². The van der Waals surface area contributed by atoms with E-state index in [0.29, 0.717) is 0 Å². The zero-order valence-corrected chi connectivity index (χ0v) is 9.57. The molecule has 0 amide bonds. The van der Waals surface area contributed by atoms with Crippen LogP contribution in [0.2, 0.25) is 0 Å². The molecule has 0 bridgehead atoms. The van der Waals surface area contributed by atoms with Gasteiger partial charge in [0, 0.05) is 6.42 Å². The summed E-state index contributed by atoms with van der Waals surface area (Å²) >= 11 is 0. The fourth-order valence-electron chi connectivity index (χ4n) is 1.25. The van der Waals surface area contributed by atoms with E-state index in [9.17, 15) is 4.79 Å². The molecule has 0 spiro atoms. The molecule has 0 aliphatic heterocycles. The van der Waals surface area contributed by atoms with Gasteiger partial charge in [-0.3, -0.25) is 4.79 Å². The quantitative estimate of drug-likeness (QED) is 0.752. The zero-order valence-electron chi connectivity index (χ0n) is 9.57. The lowest BCUT2D eigenvalue weighted by atomic mass is 10.1. The predicted molar refractivity (Wildman–Crippen MR) is 63.0 cm³/mol. The van der Waals surface area contributed by atoms with Crippen molar-refractivity contribution >= 4 is 5.97 Å². The smallest absolute Gasteiger partial charge is 0.303 e. The molecule has 0 unspecified atom stereocenters. The van der Waals surface area contributed by atoms with Gasteiger partial charge in [0.2, 0.25) is 0 Å². The number of aryl methyl sites for hydroxylation is 1. The maximum Gasteiger partial charge on any atom is 0.303 e. The summed E-state index contributed by atoms with van der Waals surface area (Å²) in [6.45, 7) is 4.00. The molecule has 15 heavy (non-hydrogen) atoms. The van der Waals surface area contributed by atoms with Gasteiger partial charge in [0.05, 0.1) is 0 Å². The molecule has 0 saturated heterocycles. The lowest BCUT2D eigenvalue weighted by molar-refractivity contribution is -0.137. The molecule has 2 nitrogen and oxygen atoms in total. The van der Waals surface area contributed by atoms with E-state index in [1.54, 1.807) is 0 Å². The largest absolute Gasteiger partial charge is 0.481 e. The van der Waals surface area contributed by atoms with Gasteiger partial charge in [-0.1, -0.05) is 44.2 Å². The number of benzene rings is 1. The van der Waals surface area contributed by atoms with Crippen LogP contribution in [0.15, 0.2) is 30.3 Å². The number of rotatable bonds is 5. The van der Waals surface area contributed by atoms with Gasteiger partial charge in [-0.05, 0) is 24.8 Å². The normalized spacial score (nSPS) is 8.93. The highest BCUT2D eigenvalue weighted by Gasteiger charge is 1.96. The van der Waals surface area contributed by atoms with Crippen molar-refractivity contribution in [2.24, 2.45) is 0 Å². The third kappa shape index (κ3) is 7.74. The van der Waals surface area contributed by atoms with Crippen LogP contribution in [0.1, 0.15) is 38.7 Å². The predicted octanol–water partition coefficient (Wildman–Crippen LogP) is 3.51. The summed E-state index contributed by atoms with van der Waals surface area (Å²) in [4.78, 5) is 10.2. The van der Waals surface area contributed by atoms with Crippen LogP contribution in [0, 0.1) is 0 Å². The molecular formula is C13H20O2. The van der Waals surface area contributed by atoms with E-state index in [1.165, 1.54) is 5.56 Å². The van der Waals surface area contributed by atoms with Crippen molar-refractivity contribution in [1.29, 1.82) is 0 Å². The number of aliphatic carboxylic acids is 1. The molecule has 1 N–H and O–H groups in total. The maximum absolute atomic E-state index is 10.2. The lowest BCUT2D eigenvalue weighted by Crippen LogP contribution is -1.94. The Kier molecular flexibility index (Phi) is 8.44. The Hall–Kier alpha value is -1.31. The van der Waals surface area contributed by atoms with E-state index in [4.69, 9.17) is 5.11 Å². The lowest BCUT2D eigenvalue weighted by Gasteiger charge is -1.98. The highest BCUT2D eigenvalue weighted by Crippen LogP contribution is 2.05. The van der Waals surface area contributed by atoms with E-state index in [2.05, 4.69) is 12.1 Å². The molecule has 1 aromatic rings. The molecule has 0 radical (unpaired) electrons. The first-order chi connectivity index (χ1) is 7.29. The van der Waals surface area contributed by atoms with Gasteiger partial charge in [-0.25, -0.2) is 0 Å². The molecule has 0 heterocycles. The molecule has 0 aliphatic carbocycles. The second-order valence-corrected chi connectivity index (χ2v) is 3.09. The zero-order chi connectivity index (χ0) is 11.5. The van der Waals surface area contributed by atoms with Gasteiger partial charge in [0.25, 0.3) is 0 Å². The summed E-state index contributed by atoms with van der Waals surface area (Å²) < 4.78 is 0. The number of hydrogen-bond acceptors (Lipinski definition) is 1. The average molecular weight is 208 g/mol. The van der Waals surface area contributed by atoms with Gasteiger partial charge in [-0.2, -0.15) is 0 Å². The van der Waals surface area contributed by atoms with Gasteiger partial charge < -0.3 is 5.11 Å². The fourth-order valence-corrected chi connectivity index (χ4v) is 1.25. The second kappa shape index (κ2) is 9.25. The van der Waals surface area contributed by atoms with Crippen LogP contribution in [0.3, 0.4) is 0 Å². The van der Waals surface area contributed by atoms with E-state index in [1.807, 2.05) is 32.0 Å². The van der Waals surface area contributed by atoms with Crippen LogP contribution in [-0.2, 0) is 11.2 Å². The summed E-state index contributed by atoms with van der Waals surface area (Å²) in [6.07, 6.45) is 2.99. The summed E-state index contributed by atoms with van der Waals surface area (Å²) in [6, 6.07) is 10.1. The molecule has 1 aromatic carbocycles. The van der Waals surface area contributed by atoms with Gasteiger partial charge >= 0.3 is 5.97 Å². The van der Waals surface area contributed by atoms with Crippen LogP contribution in [-0.4, -0.2) is 11.1 Å². The molecule has 1 rings (SSSR count). The Balaban J connectivity index is 0.000000921. The molecule has 0 saturated carbocycles. The summed E-state index contributed by atoms with van der Waals surface area (Å²) in [5.74, 6) is -0.701. The van der Waals surface area contributed by atoms with Crippen LogP contribution >= 0.6 is 0 Å². The second-order valence-electron chi connectivity index (χ2n) is 3.09. The first-order valence-electron chi connectivity index (χ1n) is 5.55. The Labute approximate surface area is 91.9 Å². The Morgan fingerprint density at radius 2 is 1.73 bits per heavy atom. The van der Waals surface area contributed by atoms with E-state index < -0.39 is 5.97 Å². The van der Waals surface area contributed by atoms with Crippen molar-refractivity contribution in [2.45, 2.75) is 39.5 Å². The SMILES string of the molecule is CC.O=C(O)CCCCc1ccccc1. The van der Waals surface area contributed by atoms with Crippen molar-refractivity contribution in [2.75, 3.05) is 0 Å². The van der Waals surface area contributed by atoms with Crippen molar-refractivity contribution in [3.8, 4) is 0 Å². The van der Waals surface area contributed by atoms with Crippen molar-refractivity contribution in [1.82, 2.24) is 0 Å². The average Bonchev–Trinajstić information content (AvgIpc) is 2.28. The minimum absolute atomic E-state index is 0.285. The van der Waals surface area contributed by atoms with Gasteiger partial charge in [0.1, 0.15) is 0 Å². The third-order valence-electron chi connectivity index (χ3n) is 1.95. The minimum Gasteiger partial charge on any atom is -0.481 e. The van der Waals surface area contributed by atoms with Crippen molar-refractivity contribution < 1.29 is 9.90 Å². The van der Waals surface area contributed by atoms with E-state index in [-0.39, 0.29) is 6.42 Å². The molecule has 2 heteroatoms. The summed E-state index contributed by atoms with van der Waals surface area (Å²) in [7, 11) is 0. The first kappa shape index (κ1) is 13.7. The Bertz CT molecular complexity index is 254. The first-order valence-corrected chi connectivity index (χ1v) is 5.55. The fraction of sp³-hybridized carbons (Fsp3) is 0.462. The maximum atomic E-state index is 10.2. The summed E-state index contributed by atoms with van der Waals surface area (Å²) in [5.41, 5.74) is 1.29. The number of carbonyl (C=O) groups is 1. The van der Waals surface area contributed by atoms with E-state index >= 15 is 0 Å². The number of carboxylic acids is 1. The standard InChI is InChI=1S/C11H14O2.C2H6/c12-11(13)9-5-4-8-10-6-2-1-3-7-10;1-2/h1-3,6-7H,4-5,8-9H2,(H,12,13);1-2H3. The topological polar surface area (TPSA) is 37.3 Å². The molecule has 0 aromatic heterocycles. The monoisotopic (exact) mass is 208 g/mol. The number of hydrogen-bond donors (Lipinski definition) is 1. The van der Waals surface area contributed by atoms with Crippen LogP contribution in [0.25, 0.3) is 0 Å². The molecular weight excluding hydrogens is 188 g/mol. The van der Waals surface area contributed by atoms with Gasteiger partial charge in [0.15, 0.2) is 0 Å². The van der Waals surface area contributed by atoms with Crippen molar-refractivity contribution in [3.63, 3.8) is 0 Å². The van der Waals surface area contributed by atoms with E-state index in [0.717, 1.165) is 19.3 Å². The summed E-state index contributed by atoms with van der Waals surface area (Å²) in [5, 5.41) is 8.41.